The maximum atomic E-state index is 11.4. The molecule has 2 unspecified atom stereocenters. The molecule has 1 aliphatic rings. The van der Waals surface area contributed by atoms with Crippen molar-refractivity contribution in [3.63, 3.8) is 0 Å². The van der Waals surface area contributed by atoms with Crippen LogP contribution in [0.15, 0.2) is 0 Å². The summed E-state index contributed by atoms with van der Waals surface area (Å²) in [4.78, 5) is 11.4. The second-order valence-corrected chi connectivity index (χ2v) is 5.92. The van der Waals surface area contributed by atoms with Crippen LogP contribution in [0.3, 0.4) is 0 Å². The van der Waals surface area contributed by atoms with Gasteiger partial charge >= 0.3 is 0 Å². The predicted octanol–water partition coefficient (Wildman–Crippen LogP) is 3.43. The van der Waals surface area contributed by atoms with Gasteiger partial charge in [0, 0.05) is 5.41 Å². The summed E-state index contributed by atoms with van der Waals surface area (Å²) >= 11 is 0. The van der Waals surface area contributed by atoms with Crippen LogP contribution in [0.2, 0.25) is 0 Å². The minimum Gasteiger partial charge on any atom is -0.299 e. The van der Waals surface area contributed by atoms with Crippen LogP contribution in [-0.4, -0.2) is 5.78 Å². The van der Waals surface area contributed by atoms with Crippen molar-refractivity contribution in [3.8, 4) is 0 Å². The molecule has 0 bridgehead atoms. The van der Waals surface area contributed by atoms with E-state index >= 15 is 0 Å². The first-order chi connectivity index (χ1) is 5.76. The van der Waals surface area contributed by atoms with Gasteiger partial charge in [-0.25, -0.2) is 0 Å². The molecule has 0 aliphatic heterocycles. The minimum atomic E-state index is -0.0159. The van der Waals surface area contributed by atoms with E-state index in [-0.39, 0.29) is 5.41 Å². The summed E-state index contributed by atoms with van der Waals surface area (Å²) in [5.74, 6) is 1.10. The number of hydrogen-bond donors (Lipinski definition) is 0. The smallest absolute Gasteiger partial charge is 0.135 e. The van der Waals surface area contributed by atoms with Crippen molar-refractivity contribution < 1.29 is 4.79 Å². The van der Waals surface area contributed by atoms with Gasteiger partial charge in [-0.3, -0.25) is 4.79 Å². The van der Waals surface area contributed by atoms with Gasteiger partial charge in [0.15, 0.2) is 0 Å². The van der Waals surface area contributed by atoms with Gasteiger partial charge in [-0.2, -0.15) is 0 Å². The Balaban J connectivity index is 2.69. The minimum absolute atomic E-state index is 0.0159. The zero-order valence-corrected chi connectivity index (χ0v) is 9.61. The highest BCUT2D eigenvalue weighted by Gasteiger charge is 2.42. The van der Waals surface area contributed by atoms with Crippen LogP contribution in [0.25, 0.3) is 0 Å². The molecule has 0 N–H and O–H groups in total. The number of Topliss-reactive ketones (excluding diaryl/α,β-unsaturated/α-hetero) is 1. The zero-order valence-electron chi connectivity index (χ0n) is 9.61. The summed E-state index contributed by atoms with van der Waals surface area (Å²) < 4.78 is 0. The Hall–Kier alpha value is -0.330. The van der Waals surface area contributed by atoms with Crippen LogP contribution in [0.5, 0.6) is 0 Å². The van der Waals surface area contributed by atoms with Gasteiger partial charge in [0.2, 0.25) is 0 Å². The average Bonchev–Trinajstić information content (AvgIpc) is 2.31. The normalized spacial score (nSPS) is 35.0. The number of carbonyl (C=O) groups excluding carboxylic acids is 1. The van der Waals surface area contributed by atoms with Gasteiger partial charge in [0.05, 0.1) is 0 Å². The summed E-state index contributed by atoms with van der Waals surface area (Å²) in [5, 5.41) is 0. The molecule has 0 heterocycles. The van der Waals surface area contributed by atoms with Gasteiger partial charge in [0.25, 0.3) is 0 Å². The van der Waals surface area contributed by atoms with E-state index in [9.17, 15) is 4.79 Å². The molecule has 1 nitrogen and oxygen atoms in total. The van der Waals surface area contributed by atoms with Crippen LogP contribution in [-0.2, 0) is 4.79 Å². The van der Waals surface area contributed by atoms with Crippen molar-refractivity contribution in [1.82, 2.24) is 0 Å². The van der Waals surface area contributed by atoms with E-state index in [1.165, 1.54) is 6.42 Å². The molecule has 0 aromatic heterocycles. The third-order valence-electron chi connectivity index (χ3n) is 3.82. The van der Waals surface area contributed by atoms with Crippen LogP contribution in [0.4, 0.5) is 0 Å². The maximum absolute atomic E-state index is 11.4. The van der Waals surface area contributed by atoms with Crippen molar-refractivity contribution in [2.24, 2.45) is 16.7 Å². The topological polar surface area (TPSA) is 17.1 Å². The SMILES string of the molecule is CC(=O)C1(C)CCC(C(C)(C)C)C1. The molecule has 0 aromatic rings. The highest BCUT2D eigenvalue weighted by atomic mass is 16.1. The summed E-state index contributed by atoms with van der Waals surface area (Å²) in [6.07, 6.45) is 3.40. The van der Waals surface area contributed by atoms with Crippen LogP contribution in [0, 0.1) is 16.7 Å². The second kappa shape index (κ2) is 3.11. The van der Waals surface area contributed by atoms with Crippen molar-refractivity contribution in [3.05, 3.63) is 0 Å². The Kier molecular flexibility index (Phi) is 2.57. The van der Waals surface area contributed by atoms with Crippen molar-refractivity contribution in [2.45, 2.75) is 53.9 Å². The molecule has 13 heavy (non-hydrogen) atoms. The standard InChI is InChI=1S/C12H22O/c1-9(13)12(5)7-6-10(8-12)11(2,3)4/h10H,6-8H2,1-5H3. The van der Waals surface area contributed by atoms with Crippen LogP contribution in [0.1, 0.15) is 53.9 Å². The lowest BCUT2D eigenvalue weighted by Gasteiger charge is -2.28. The lowest BCUT2D eigenvalue weighted by Crippen LogP contribution is -2.24. The quantitative estimate of drug-likeness (QED) is 0.607. The fourth-order valence-corrected chi connectivity index (χ4v) is 2.30. The fourth-order valence-electron chi connectivity index (χ4n) is 2.30. The summed E-state index contributed by atoms with van der Waals surface area (Å²) in [5.41, 5.74) is 0.352. The van der Waals surface area contributed by atoms with E-state index in [0.717, 1.165) is 18.8 Å². The summed E-state index contributed by atoms with van der Waals surface area (Å²) in [6, 6.07) is 0. The van der Waals surface area contributed by atoms with Gasteiger partial charge in [-0.1, -0.05) is 27.7 Å². The molecule has 1 heteroatoms. The molecule has 0 amide bonds. The first kappa shape index (κ1) is 10.7. The van der Waals surface area contributed by atoms with E-state index in [0.29, 0.717) is 11.2 Å². The highest BCUT2D eigenvalue weighted by molar-refractivity contribution is 5.82. The number of hydrogen-bond acceptors (Lipinski definition) is 1. The lowest BCUT2D eigenvalue weighted by molar-refractivity contribution is -0.125. The molecule has 0 spiro atoms. The van der Waals surface area contributed by atoms with E-state index in [1.807, 2.05) is 0 Å². The first-order valence-corrected chi connectivity index (χ1v) is 5.27. The molecular weight excluding hydrogens is 160 g/mol. The van der Waals surface area contributed by atoms with Crippen LogP contribution < -0.4 is 0 Å². The monoisotopic (exact) mass is 182 g/mol. The van der Waals surface area contributed by atoms with Gasteiger partial charge in [0.1, 0.15) is 5.78 Å². The zero-order chi connectivity index (χ0) is 10.3. The molecule has 76 valence electrons. The Bertz CT molecular complexity index is 212. The average molecular weight is 182 g/mol. The van der Waals surface area contributed by atoms with Crippen LogP contribution >= 0.6 is 0 Å². The molecule has 1 saturated carbocycles. The molecule has 1 aliphatic carbocycles. The van der Waals surface area contributed by atoms with E-state index in [2.05, 4.69) is 27.7 Å². The van der Waals surface area contributed by atoms with E-state index < -0.39 is 0 Å². The van der Waals surface area contributed by atoms with E-state index in [1.54, 1.807) is 6.92 Å². The molecular formula is C12H22O. The second-order valence-electron chi connectivity index (χ2n) is 5.92. The molecule has 2 atom stereocenters. The van der Waals surface area contributed by atoms with E-state index in [4.69, 9.17) is 0 Å². The number of rotatable bonds is 1. The van der Waals surface area contributed by atoms with Crippen molar-refractivity contribution >= 4 is 5.78 Å². The molecule has 0 saturated heterocycles. The molecule has 1 fully saturated rings. The number of ketones is 1. The third-order valence-corrected chi connectivity index (χ3v) is 3.82. The Morgan fingerprint density at radius 1 is 1.38 bits per heavy atom. The molecule has 1 rings (SSSR count). The predicted molar refractivity (Wildman–Crippen MR) is 55.6 cm³/mol. The Labute approximate surface area is 81.9 Å². The van der Waals surface area contributed by atoms with Gasteiger partial charge in [-0.15, -0.1) is 0 Å². The summed E-state index contributed by atoms with van der Waals surface area (Å²) in [6.45, 7) is 10.7. The third kappa shape index (κ3) is 2.12. The Morgan fingerprint density at radius 3 is 2.15 bits per heavy atom. The molecule has 0 aromatic carbocycles. The van der Waals surface area contributed by atoms with Gasteiger partial charge < -0.3 is 0 Å². The van der Waals surface area contributed by atoms with Crippen molar-refractivity contribution in [1.29, 1.82) is 0 Å². The fraction of sp³-hybridized carbons (Fsp3) is 0.917. The lowest BCUT2D eigenvalue weighted by atomic mass is 9.76. The van der Waals surface area contributed by atoms with Crippen molar-refractivity contribution in [2.75, 3.05) is 0 Å². The van der Waals surface area contributed by atoms with Gasteiger partial charge in [-0.05, 0) is 37.5 Å². The highest BCUT2D eigenvalue weighted by Crippen LogP contribution is 2.48. The Morgan fingerprint density at radius 2 is 1.92 bits per heavy atom. The molecule has 0 radical (unpaired) electrons. The largest absolute Gasteiger partial charge is 0.299 e. The first-order valence-electron chi connectivity index (χ1n) is 5.27. The summed E-state index contributed by atoms with van der Waals surface area (Å²) in [7, 11) is 0. The maximum Gasteiger partial charge on any atom is 0.135 e. The number of carbonyl (C=O) groups is 1.